The number of likely N-dealkylation sites (tertiary alicyclic amines) is 1. The van der Waals surface area contributed by atoms with Crippen molar-refractivity contribution in [3.8, 4) is 5.75 Å². The third-order valence-corrected chi connectivity index (χ3v) is 3.94. The molecule has 1 atom stereocenters. The van der Waals surface area contributed by atoms with Gasteiger partial charge in [-0.25, -0.2) is 4.79 Å². The van der Waals surface area contributed by atoms with Crippen molar-refractivity contribution in [3.05, 3.63) is 29.3 Å². The van der Waals surface area contributed by atoms with Crippen molar-refractivity contribution in [1.29, 1.82) is 0 Å². The van der Waals surface area contributed by atoms with Crippen molar-refractivity contribution in [2.24, 2.45) is 0 Å². The van der Waals surface area contributed by atoms with E-state index >= 15 is 0 Å². The van der Waals surface area contributed by atoms with Gasteiger partial charge in [0.05, 0.1) is 19.8 Å². The lowest BCUT2D eigenvalue weighted by atomic mass is 10.0. The zero-order chi connectivity index (χ0) is 16.5. The Bertz CT molecular complexity index is 603. The molecule has 120 valence electrons. The van der Waals surface area contributed by atoms with Crippen LogP contribution in [0.15, 0.2) is 18.2 Å². The largest absolute Gasteiger partial charge is 0.497 e. The average molecular weight is 333 g/mol. The molecule has 0 saturated carbocycles. The Hall–Kier alpha value is -1.83. The number of halogens is 3. The topological polar surface area (TPSA) is 38.8 Å². The quantitative estimate of drug-likeness (QED) is 0.628. The highest BCUT2D eigenvalue weighted by atomic mass is 32.1. The lowest BCUT2D eigenvalue weighted by Crippen LogP contribution is -2.55. The molecular formula is C14H14F3NO3S. The number of carbonyl (C=O) groups is 1. The second kappa shape index (κ2) is 6.12. The molecule has 2 rings (SSSR count). The summed E-state index contributed by atoms with van der Waals surface area (Å²) >= 11 is 5.22. The Balaban J connectivity index is 2.32. The number of esters is 1. The molecule has 0 amide bonds. The van der Waals surface area contributed by atoms with Crippen LogP contribution in [0.3, 0.4) is 0 Å². The summed E-state index contributed by atoms with van der Waals surface area (Å²) in [5.74, 6) is -0.394. The summed E-state index contributed by atoms with van der Waals surface area (Å²) in [7, 11) is 2.54. The standard InChI is InChI=1S/C14H14F3NO3S/c1-20-10-6-8(5-9(7-10)14(15,16)17)12(22)18-4-3-11(18)13(19)21-2/h5-7,11H,3-4H2,1-2H3/t11-/m1/s1. The summed E-state index contributed by atoms with van der Waals surface area (Å²) in [5.41, 5.74) is -0.658. The number of hydrogen-bond donors (Lipinski definition) is 0. The van der Waals surface area contributed by atoms with Crippen molar-refractivity contribution >= 4 is 23.2 Å². The zero-order valence-corrected chi connectivity index (χ0v) is 12.8. The Morgan fingerprint density at radius 3 is 2.45 bits per heavy atom. The van der Waals surface area contributed by atoms with Gasteiger partial charge in [0.25, 0.3) is 0 Å². The fourth-order valence-electron chi connectivity index (χ4n) is 2.18. The molecule has 8 heteroatoms. The Labute approximate surface area is 130 Å². The summed E-state index contributed by atoms with van der Waals surface area (Å²) in [6, 6.07) is 2.74. The van der Waals surface area contributed by atoms with E-state index in [2.05, 4.69) is 4.74 Å². The van der Waals surface area contributed by atoms with E-state index in [1.807, 2.05) is 0 Å². The maximum atomic E-state index is 12.9. The van der Waals surface area contributed by atoms with Gasteiger partial charge in [0.1, 0.15) is 16.8 Å². The first kappa shape index (κ1) is 16.5. The van der Waals surface area contributed by atoms with Crippen LogP contribution in [0.5, 0.6) is 5.75 Å². The van der Waals surface area contributed by atoms with Crippen molar-refractivity contribution in [1.82, 2.24) is 4.90 Å². The predicted molar refractivity (Wildman–Crippen MR) is 76.8 cm³/mol. The van der Waals surface area contributed by atoms with Crippen molar-refractivity contribution in [2.75, 3.05) is 20.8 Å². The molecule has 1 aromatic rings. The molecule has 1 fully saturated rings. The lowest BCUT2D eigenvalue weighted by molar-refractivity contribution is -0.148. The zero-order valence-electron chi connectivity index (χ0n) is 11.9. The fourth-order valence-corrected chi connectivity index (χ4v) is 2.52. The number of alkyl halides is 3. The monoisotopic (exact) mass is 333 g/mol. The molecular weight excluding hydrogens is 319 g/mol. The number of methoxy groups -OCH3 is 2. The molecule has 1 aliphatic heterocycles. The van der Waals surface area contributed by atoms with Gasteiger partial charge in [0.2, 0.25) is 0 Å². The van der Waals surface area contributed by atoms with Crippen molar-refractivity contribution < 1.29 is 27.4 Å². The summed E-state index contributed by atoms with van der Waals surface area (Å²) in [4.78, 5) is 13.3. The maximum Gasteiger partial charge on any atom is 0.416 e. The minimum absolute atomic E-state index is 0.0577. The summed E-state index contributed by atoms with van der Waals surface area (Å²) in [6.07, 6.45) is -3.95. The molecule has 1 heterocycles. The molecule has 1 aliphatic rings. The van der Waals surface area contributed by atoms with Gasteiger partial charge in [-0.15, -0.1) is 0 Å². The minimum atomic E-state index is -4.50. The number of benzene rings is 1. The van der Waals surface area contributed by atoms with E-state index in [4.69, 9.17) is 17.0 Å². The number of hydrogen-bond acceptors (Lipinski definition) is 4. The summed E-state index contributed by atoms with van der Waals surface area (Å²) in [5, 5.41) is 0. The van der Waals surface area contributed by atoms with Gasteiger partial charge in [0.15, 0.2) is 0 Å². The first-order valence-electron chi connectivity index (χ1n) is 6.43. The van der Waals surface area contributed by atoms with E-state index < -0.39 is 23.8 Å². The molecule has 4 nitrogen and oxygen atoms in total. The highest BCUT2D eigenvalue weighted by Crippen LogP contribution is 2.34. The summed E-state index contributed by atoms with van der Waals surface area (Å²) in [6.45, 7) is 0.497. The normalized spacial score (nSPS) is 17.7. The predicted octanol–water partition coefficient (Wildman–Crippen LogP) is 2.64. The number of ether oxygens (including phenoxy) is 2. The van der Waals surface area contributed by atoms with Crippen molar-refractivity contribution in [2.45, 2.75) is 18.6 Å². The Kier molecular flexibility index (Phi) is 4.60. The van der Waals surface area contributed by atoms with Crippen LogP contribution in [0.1, 0.15) is 17.5 Å². The van der Waals surface area contributed by atoms with Gasteiger partial charge in [0, 0.05) is 12.1 Å². The van der Waals surface area contributed by atoms with E-state index in [0.29, 0.717) is 13.0 Å². The van der Waals surface area contributed by atoms with Gasteiger partial charge in [-0.3, -0.25) is 0 Å². The molecule has 1 saturated heterocycles. The fraction of sp³-hybridized carbons (Fsp3) is 0.429. The molecule has 0 bridgehead atoms. The molecule has 1 aromatic carbocycles. The van der Waals surface area contributed by atoms with Gasteiger partial charge < -0.3 is 14.4 Å². The van der Waals surface area contributed by atoms with Crippen LogP contribution in [-0.2, 0) is 15.7 Å². The highest BCUT2D eigenvalue weighted by molar-refractivity contribution is 7.80. The van der Waals surface area contributed by atoms with E-state index in [1.54, 1.807) is 4.90 Å². The van der Waals surface area contributed by atoms with E-state index in [-0.39, 0.29) is 16.3 Å². The third kappa shape index (κ3) is 3.16. The highest BCUT2D eigenvalue weighted by Gasteiger charge is 2.38. The first-order valence-corrected chi connectivity index (χ1v) is 6.84. The van der Waals surface area contributed by atoms with Crippen LogP contribution in [-0.4, -0.2) is 42.7 Å². The Morgan fingerprint density at radius 1 is 1.32 bits per heavy atom. The minimum Gasteiger partial charge on any atom is -0.497 e. The smallest absolute Gasteiger partial charge is 0.416 e. The molecule has 0 N–H and O–H groups in total. The molecule has 0 radical (unpaired) electrons. The van der Waals surface area contributed by atoms with Gasteiger partial charge in [-0.2, -0.15) is 13.2 Å². The maximum absolute atomic E-state index is 12.9. The van der Waals surface area contributed by atoms with E-state index in [0.717, 1.165) is 12.1 Å². The van der Waals surface area contributed by atoms with E-state index in [1.165, 1.54) is 20.3 Å². The van der Waals surface area contributed by atoms with E-state index in [9.17, 15) is 18.0 Å². The number of carbonyl (C=O) groups excluding carboxylic acids is 1. The van der Waals surface area contributed by atoms with Crippen LogP contribution in [0.2, 0.25) is 0 Å². The van der Waals surface area contributed by atoms with Gasteiger partial charge in [-0.05, 0) is 24.6 Å². The molecule has 22 heavy (non-hydrogen) atoms. The lowest BCUT2D eigenvalue weighted by Gasteiger charge is -2.40. The molecule has 0 spiro atoms. The third-order valence-electron chi connectivity index (χ3n) is 3.47. The molecule has 0 aromatic heterocycles. The van der Waals surface area contributed by atoms with Crippen LogP contribution in [0, 0.1) is 0 Å². The second-order valence-electron chi connectivity index (χ2n) is 4.77. The van der Waals surface area contributed by atoms with Crippen molar-refractivity contribution in [3.63, 3.8) is 0 Å². The first-order chi connectivity index (χ1) is 10.3. The number of nitrogens with zero attached hydrogens (tertiary/aromatic N) is 1. The van der Waals surface area contributed by atoms with Crippen LogP contribution in [0.25, 0.3) is 0 Å². The molecule has 0 unspecified atom stereocenters. The van der Waals surface area contributed by atoms with Crippen LogP contribution >= 0.6 is 12.2 Å². The average Bonchev–Trinajstić information content (AvgIpc) is 2.44. The second-order valence-corrected chi connectivity index (χ2v) is 5.16. The number of rotatable bonds is 3. The van der Waals surface area contributed by atoms with Gasteiger partial charge >= 0.3 is 12.1 Å². The summed E-state index contributed by atoms with van der Waals surface area (Å²) < 4.78 is 48.3. The number of thiocarbonyl (C=S) groups is 1. The SMILES string of the molecule is COC(=O)[C@H]1CCN1C(=S)c1cc(OC)cc(C(F)(F)F)c1. The van der Waals surface area contributed by atoms with Crippen LogP contribution in [0.4, 0.5) is 13.2 Å². The van der Waals surface area contributed by atoms with Gasteiger partial charge in [-0.1, -0.05) is 12.2 Å². The molecule has 0 aliphatic carbocycles. The van der Waals surface area contributed by atoms with Crippen LogP contribution < -0.4 is 4.74 Å². The Morgan fingerprint density at radius 2 is 2.00 bits per heavy atom.